The number of pyridine rings is 1. The van der Waals surface area contributed by atoms with Crippen LogP contribution in [0.5, 0.6) is 0 Å². The van der Waals surface area contributed by atoms with Crippen LogP contribution in [0.1, 0.15) is 19.8 Å². The highest BCUT2D eigenvalue weighted by molar-refractivity contribution is 7.89. The van der Waals surface area contributed by atoms with Crippen molar-refractivity contribution in [3.8, 4) is 0 Å². The third kappa shape index (κ3) is 2.17. The Hall–Kier alpha value is -1.14. The van der Waals surface area contributed by atoms with Crippen LogP contribution in [0.3, 0.4) is 0 Å². The van der Waals surface area contributed by atoms with E-state index in [4.69, 9.17) is 5.73 Å². The lowest BCUT2D eigenvalue weighted by Crippen LogP contribution is -2.43. The molecular weight excluding hydrogens is 226 g/mol. The van der Waals surface area contributed by atoms with E-state index in [1.54, 1.807) is 6.07 Å². The van der Waals surface area contributed by atoms with Gasteiger partial charge in [-0.25, -0.2) is 18.1 Å². The molecule has 3 N–H and O–H groups in total. The molecule has 5 nitrogen and oxygen atoms in total. The van der Waals surface area contributed by atoms with Gasteiger partial charge in [-0.1, -0.05) is 6.92 Å². The van der Waals surface area contributed by atoms with E-state index in [2.05, 4.69) is 16.6 Å². The molecule has 1 fully saturated rings. The topological polar surface area (TPSA) is 85.1 Å². The van der Waals surface area contributed by atoms with Gasteiger partial charge in [-0.3, -0.25) is 0 Å². The average Bonchev–Trinajstić information content (AvgIpc) is 2.15. The molecular formula is C10H15N3O2S. The summed E-state index contributed by atoms with van der Waals surface area (Å²) in [6, 6.07) is 3.07. The van der Waals surface area contributed by atoms with Crippen LogP contribution in [0.15, 0.2) is 23.2 Å². The first-order valence-corrected chi connectivity index (χ1v) is 6.70. The van der Waals surface area contributed by atoms with E-state index in [1.807, 2.05) is 0 Å². The normalized spacial score (nSPS) is 25.1. The summed E-state index contributed by atoms with van der Waals surface area (Å²) in [6.07, 6.45) is 3.25. The lowest BCUT2D eigenvalue weighted by molar-refractivity contribution is 0.270. The molecule has 0 radical (unpaired) electrons. The lowest BCUT2D eigenvalue weighted by Gasteiger charge is -2.32. The first-order valence-electron chi connectivity index (χ1n) is 5.22. The average molecular weight is 241 g/mol. The highest BCUT2D eigenvalue weighted by atomic mass is 32.2. The van der Waals surface area contributed by atoms with Gasteiger partial charge >= 0.3 is 0 Å². The number of nitrogens with two attached hydrogens (primary N) is 1. The second-order valence-corrected chi connectivity index (χ2v) is 5.96. The smallest absolute Gasteiger partial charge is 0.244 e. The van der Waals surface area contributed by atoms with Gasteiger partial charge in [-0.05, 0) is 30.9 Å². The fraction of sp³-hybridized carbons (Fsp3) is 0.500. The Labute approximate surface area is 95.1 Å². The van der Waals surface area contributed by atoms with Crippen molar-refractivity contribution in [2.75, 3.05) is 5.73 Å². The molecule has 0 amide bonds. The maximum Gasteiger partial charge on any atom is 0.244 e. The van der Waals surface area contributed by atoms with Crippen molar-refractivity contribution >= 4 is 15.8 Å². The molecule has 1 saturated carbocycles. The number of hydrogen-bond donors (Lipinski definition) is 2. The number of rotatable bonds is 3. The zero-order chi connectivity index (χ0) is 11.8. The minimum atomic E-state index is -3.51. The van der Waals surface area contributed by atoms with Crippen LogP contribution in [0.4, 0.5) is 5.82 Å². The van der Waals surface area contributed by atoms with Gasteiger partial charge in [0.2, 0.25) is 10.0 Å². The third-order valence-corrected chi connectivity index (χ3v) is 4.35. The summed E-state index contributed by atoms with van der Waals surface area (Å²) in [5, 5.41) is 0. The van der Waals surface area contributed by atoms with Crippen molar-refractivity contribution in [3.63, 3.8) is 0 Å². The van der Waals surface area contributed by atoms with Gasteiger partial charge in [0.15, 0.2) is 0 Å². The fourth-order valence-electron chi connectivity index (χ4n) is 1.91. The van der Waals surface area contributed by atoms with Crippen molar-refractivity contribution in [2.45, 2.75) is 30.7 Å². The molecule has 1 aliphatic rings. The predicted octanol–water partition coefficient (Wildman–Crippen LogP) is 0.741. The SMILES string of the molecule is CC1CC(NS(=O)(=O)c2cccnc2N)C1. The molecule has 0 aromatic carbocycles. The first kappa shape index (κ1) is 11.3. The van der Waals surface area contributed by atoms with E-state index in [-0.39, 0.29) is 16.8 Å². The Morgan fingerprint density at radius 3 is 2.75 bits per heavy atom. The van der Waals surface area contributed by atoms with Crippen LogP contribution >= 0.6 is 0 Å². The summed E-state index contributed by atoms with van der Waals surface area (Å²) in [5.41, 5.74) is 5.54. The van der Waals surface area contributed by atoms with Crippen LogP contribution in [-0.2, 0) is 10.0 Å². The number of aromatic nitrogens is 1. The first-order chi connectivity index (χ1) is 7.49. The summed E-state index contributed by atoms with van der Waals surface area (Å²) >= 11 is 0. The molecule has 0 saturated heterocycles. The molecule has 1 heterocycles. The number of nitrogens with one attached hydrogen (secondary N) is 1. The molecule has 88 valence electrons. The summed E-state index contributed by atoms with van der Waals surface area (Å²) in [6.45, 7) is 2.10. The zero-order valence-corrected chi connectivity index (χ0v) is 9.87. The van der Waals surface area contributed by atoms with E-state index in [0.29, 0.717) is 5.92 Å². The van der Waals surface area contributed by atoms with Crippen molar-refractivity contribution < 1.29 is 8.42 Å². The minimum absolute atomic E-state index is 0.0413. The van der Waals surface area contributed by atoms with Gasteiger partial charge in [0.05, 0.1) is 0 Å². The predicted molar refractivity (Wildman–Crippen MR) is 61.2 cm³/mol. The number of nitrogen functional groups attached to an aromatic ring is 1. The number of sulfonamides is 1. The standard InChI is InChI=1S/C10H15N3O2S/c1-7-5-8(6-7)13-16(14,15)9-3-2-4-12-10(9)11/h2-4,7-8,13H,5-6H2,1H3,(H2,11,12). The number of nitrogens with zero attached hydrogens (tertiary/aromatic N) is 1. The maximum atomic E-state index is 11.9. The Kier molecular flexibility index (Phi) is 2.86. The summed E-state index contributed by atoms with van der Waals surface area (Å²) < 4.78 is 26.5. The Bertz CT molecular complexity index is 481. The van der Waals surface area contributed by atoms with Crippen LogP contribution in [-0.4, -0.2) is 19.4 Å². The Morgan fingerprint density at radius 2 is 2.19 bits per heavy atom. The van der Waals surface area contributed by atoms with E-state index in [9.17, 15) is 8.42 Å². The Balaban J connectivity index is 2.16. The van der Waals surface area contributed by atoms with Gasteiger partial charge in [-0.15, -0.1) is 0 Å². The number of anilines is 1. The van der Waals surface area contributed by atoms with E-state index >= 15 is 0 Å². The molecule has 0 spiro atoms. The highest BCUT2D eigenvalue weighted by Crippen LogP contribution is 2.28. The minimum Gasteiger partial charge on any atom is -0.383 e. The number of hydrogen-bond acceptors (Lipinski definition) is 4. The van der Waals surface area contributed by atoms with Gasteiger partial charge in [0.25, 0.3) is 0 Å². The molecule has 0 atom stereocenters. The van der Waals surface area contributed by atoms with Gasteiger partial charge in [0.1, 0.15) is 10.7 Å². The monoisotopic (exact) mass is 241 g/mol. The van der Waals surface area contributed by atoms with Gasteiger partial charge < -0.3 is 5.73 Å². The highest BCUT2D eigenvalue weighted by Gasteiger charge is 2.30. The molecule has 6 heteroatoms. The molecule has 0 bridgehead atoms. The molecule has 1 aromatic heterocycles. The summed E-state index contributed by atoms with van der Waals surface area (Å²) in [4.78, 5) is 3.83. The van der Waals surface area contributed by atoms with E-state index in [1.165, 1.54) is 12.3 Å². The van der Waals surface area contributed by atoms with Crippen molar-refractivity contribution in [2.24, 2.45) is 5.92 Å². The molecule has 1 aliphatic carbocycles. The fourth-order valence-corrected chi connectivity index (χ4v) is 3.26. The Morgan fingerprint density at radius 1 is 1.50 bits per heavy atom. The van der Waals surface area contributed by atoms with Crippen molar-refractivity contribution in [1.29, 1.82) is 0 Å². The molecule has 16 heavy (non-hydrogen) atoms. The summed E-state index contributed by atoms with van der Waals surface area (Å²) in [7, 11) is -3.51. The molecule has 0 aliphatic heterocycles. The van der Waals surface area contributed by atoms with Crippen LogP contribution in [0.2, 0.25) is 0 Å². The second kappa shape index (κ2) is 4.03. The van der Waals surface area contributed by atoms with Gasteiger partial charge in [-0.2, -0.15) is 0 Å². The van der Waals surface area contributed by atoms with Crippen molar-refractivity contribution in [3.05, 3.63) is 18.3 Å². The van der Waals surface area contributed by atoms with Crippen molar-refractivity contribution in [1.82, 2.24) is 9.71 Å². The van der Waals surface area contributed by atoms with E-state index in [0.717, 1.165) is 12.8 Å². The quantitative estimate of drug-likeness (QED) is 0.817. The molecule has 2 rings (SSSR count). The van der Waals surface area contributed by atoms with Crippen LogP contribution < -0.4 is 10.5 Å². The summed E-state index contributed by atoms with van der Waals surface area (Å²) in [5.74, 6) is 0.640. The van der Waals surface area contributed by atoms with E-state index < -0.39 is 10.0 Å². The largest absolute Gasteiger partial charge is 0.383 e. The van der Waals surface area contributed by atoms with Gasteiger partial charge in [0, 0.05) is 12.2 Å². The molecule has 1 aromatic rings. The molecule has 0 unspecified atom stereocenters. The van der Waals surface area contributed by atoms with Crippen LogP contribution in [0.25, 0.3) is 0 Å². The second-order valence-electron chi connectivity index (χ2n) is 4.28. The van der Waals surface area contributed by atoms with Crippen LogP contribution in [0, 0.1) is 5.92 Å². The zero-order valence-electron chi connectivity index (χ0n) is 9.05. The lowest BCUT2D eigenvalue weighted by atomic mass is 9.83. The maximum absolute atomic E-state index is 11.9. The third-order valence-electron chi connectivity index (χ3n) is 2.78.